The van der Waals surface area contributed by atoms with E-state index in [9.17, 15) is 5.11 Å². The minimum absolute atomic E-state index is 0.00460. The van der Waals surface area contributed by atoms with Gasteiger partial charge in [0.2, 0.25) is 0 Å². The third kappa shape index (κ3) is 4.50. The first-order valence-corrected chi connectivity index (χ1v) is 16.2. The maximum Gasteiger partial charge on any atom is 0.319 e. The van der Waals surface area contributed by atoms with Crippen molar-refractivity contribution in [2.75, 3.05) is 44.8 Å². The molecule has 230 valence electrons. The summed E-state index contributed by atoms with van der Waals surface area (Å²) < 4.78 is 29.4. The van der Waals surface area contributed by atoms with Gasteiger partial charge in [-0.1, -0.05) is 35.9 Å². The number of nitrogens with one attached hydrogen (secondary N) is 1. The Hall–Kier alpha value is -3.24. The number of halogens is 2. The average molecular weight is 618 g/mol. The van der Waals surface area contributed by atoms with E-state index < -0.39 is 5.82 Å². The van der Waals surface area contributed by atoms with Crippen LogP contribution in [0.2, 0.25) is 5.02 Å². The number of methoxy groups -OCH3 is 1. The number of rotatable bonds is 6. The predicted octanol–water partition coefficient (Wildman–Crippen LogP) is 5.91. The van der Waals surface area contributed by atoms with Crippen LogP contribution in [0.15, 0.2) is 42.5 Å². The largest absolute Gasteiger partial charge is 0.508 e. The Kier molecular flexibility index (Phi) is 7.05. The van der Waals surface area contributed by atoms with E-state index in [1.54, 1.807) is 25.3 Å². The Bertz CT molecular complexity index is 1740. The van der Waals surface area contributed by atoms with E-state index >= 15 is 4.39 Å². The average Bonchev–Trinajstić information content (AvgIpc) is 3.65. The van der Waals surface area contributed by atoms with Gasteiger partial charge in [0.25, 0.3) is 0 Å². The molecule has 8 rings (SSSR count). The van der Waals surface area contributed by atoms with Crippen molar-refractivity contribution in [3.05, 3.63) is 53.3 Å². The molecule has 4 saturated heterocycles. The summed E-state index contributed by atoms with van der Waals surface area (Å²) in [6, 6.07) is 13.0. The lowest BCUT2D eigenvalue weighted by atomic mass is 9.95. The van der Waals surface area contributed by atoms with Gasteiger partial charge in [-0.3, -0.25) is 4.90 Å². The van der Waals surface area contributed by atoms with Gasteiger partial charge in [0, 0.05) is 30.6 Å². The second-order valence-corrected chi connectivity index (χ2v) is 13.2. The van der Waals surface area contributed by atoms with Crippen LogP contribution in [0.4, 0.5) is 10.2 Å². The first-order valence-electron chi connectivity index (χ1n) is 15.8. The number of phenolic OH excluding ortho intramolecular Hbond substituents is 1. The third-order valence-electron chi connectivity index (χ3n) is 10.5. The van der Waals surface area contributed by atoms with E-state index in [-0.39, 0.29) is 51.6 Å². The summed E-state index contributed by atoms with van der Waals surface area (Å²) in [5.74, 6) is 0.114. The Morgan fingerprint density at radius 3 is 2.75 bits per heavy atom. The summed E-state index contributed by atoms with van der Waals surface area (Å²) in [7, 11) is 1.76. The van der Waals surface area contributed by atoms with Crippen molar-refractivity contribution >= 4 is 39.1 Å². The minimum atomic E-state index is -0.554. The zero-order valence-electron chi connectivity index (χ0n) is 24.9. The van der Waals surface area contributed by atoms with Crippen LogP contribution in [0.25, 0.3) is 32.8 Å². The minimum Gasteiger partial charge on any atom is -0.508 e. The number of fused-ring (bicyclic) bond motifs is 5. The van der Waals surface area contributed by atoms with Crippen molar-refractivity contribution in [3.63, 3.8) is 0 Å². The molecule has 0 saturated carbocycles. The molecule has 4 aliphatic rings. The van der Waals surface area contributed by atoms with Crippen LogP contribution in [0.5, 0.6) is 11.8 Å². The predicted molar refractivity (Wildman–Crippen MR) is 170 cm³/mol. The van der Waals surface area contributed by atoms with Gasteiger partial charge in [-0.15, -0.1) is 0 Å². The lowest BCUT2D eigenvalue weighted by Gasteiger charge is -2.32. The van der Waals surface area contributed by atoms with Gasteiger partial charge in [0.1, 0.15) is 23.7 Å². The van der Waals surface area contributed by atoms with Gasteiger partial charge in [-0.25, -0.2) is 4.39 Å². The topological polar surface area (TPSA) is 83.0 Å². The maximum atomic E-state index is 17.0. The van der Waals surface area contributed by atoms with Crippen LogP contribution < -0.4 is 15.0 Å². The first-order chi connectivity index (χ1) is 21.5. The monoisotopic (exact) mass is 617 g/mol. The van der Waals surface area contributed by atoms with E-state index in [0.717, 1.165) is 75.5 Å². The maximum absolute atomic E-state index is 17.0. The molecule has 2 N–H and O–H groups in total. The highest BCUT2D eigenvalue weighted by atomic mass is 35.5. The van der Waals surface area contributed by atoms with E-state index in [0.29, 0.717) is 23.4 Å². The van der Waals surface area contributed by atoms with Crippen LogP contribution in [0.1, 0.15) is 38.5 Å². The normalized spacial score (nSPS) is 24.7. The number of aromatic hydroxyl groups is 1. The fourth-order valence-corrected chi connectivity index (χ4v) is 8.72. The summed E-state index contributed by atoms with van der Waals surface area (Å²) >= 11 is 6.96. The van der Waals surface area contributed by atoms with Crippen molar-refractivity contribution in [1.82, 2.24) is 20.2 Å². The lowest BCUT2D eigenvalue weighted by molar-refractivity contribution is 0.0895. The molecule has 4 aromatic rings. The number of aromatic nitrogens is 2. The molecule has 3 aromatic carbocycles. The molecule has 3 atom stereocenters. The Morgan fingerprint density at radius 2 is 1.93 bits per heavy atom. The summed E-state index contributed by atoms with van der Waals surface area (Å²) in [5.41, 5.74) is 0.871. The summed E-state index contributed by atoms with van der Waals surface area (Å²) in [5, 5.41) is 16.5. The molecule has 4 fully saturated rings. The smallest absolute Gasteiger partial charge is 0.319 e. The summed E-state index contributed by atoms with van der Waals surface area (Å²) in [6.07, 6.45) is 6.25. The molecule has 10 heteroatoms. The number of hydrogen-bond donors (Lipinski definition) is 2. The second-order valence-electron chi connectivity index (χ2n) is 12.8. The number of phenols is 1. The fraction of sp³-hybridized carbons (Fsp3) is 0.471. The van der Waals surface area contributed by atoms with Crippen LogP contribution in [0, 0.1) is 5.82 Å². The molecule has 0 amide bonds. The SMILES string of the molecule is COC1CC2CNCCC1N2c1nc(OCC23CCCN2CCC3)nc2c(F)c(-c3cc(O)cc4ccccc34)c(Cl)cc12. The molecule has 2 bridgehead atoms. The zero-order chi connectivity index (χ0) is 30.0. The second kappa shape index (κ2) is 11.0. The van der Waals surface area contributed by atoms with Crippen LogP contribution in [-0.2, 0) is 4.74 Å². The number of ether oxygens (including phenoxy) is 2. The molecule has 0 aliphatic carbocycles. The number of hydrogen-bond acceptors (Lipinski definition) is 8. The molecule has 44 heavy (non-hydrogen) atoms. The number of anilines is 1. The third-order valence-corrected chi connectivity index (χ3v) is 10.8. The standard InChI is InChI=1S/C34H37ClFN5O3/c1-43-28-15-21-18-37-11-8-27(28)41(21)32-25-17-26(35)29(24-16-22(42)14-20-6-2-3-7-23(20)24)30(36)31(25)38-33(39-32)44-19-34-9-4-12-40(34)13-5-10-34/h2-3,6-7,14,16-17,21,27-28,37,42H,4-5,8-13,15,18-19H2,1H3. The number of nitrogens with zero attached hydrogens (tertiary/aromatic N) is 4. The van der Waals surface area contributed by atoms with Crippen LogP contribution >= 0.6 is 11.6 Å². The number of benzene rings is 3. The van der Waals surface area contributed by atoms with Gasteiger partial charge < -0.3 is 24.8 Å². The highest BCUT2D eigenvalue weighted by Crippen LogP contribution is 2.45. The molecule has 1 aromatic heterocycles. The van der Waals surface area contributed by atoms with Crippen molar-refractivity contribution in [3.8, 4) is 22.9 Å². The zero-order valence-corrected chi connectivity index (χ0v) is 25.6. The molecular weight excluding hydrogens is 581 g/mol. The summed E-state index contributed by atoms with van der Waals surface area (Å²) in [4.78, 5) is 14.6. The highest BCUT2D eigenvalue weighted by molar-refractivity contribution is 6.35. The summed E-state index contributed by atoms with van der Waals surface area (Å²) in [6.45, 7) is 4.30. The highest BCUT2D eigenvalue weighted by Gasteiger charge is 2.46. The first kappa shape index (κ1) is 28.2. The van der Waals surface area contributed by atoms with Gasteiger partial charge >= 0.3 is 6.01 Å². The van der Waals surface area contributed by atoms with E-state index in [1.807, 2.05) is 24.3 Å². The van der Waals surface area contributed by atoms with Crippen molar-refractivity contribution in [2.24, 2.45) is 0 Å². The fourth-order valence-electron chi connectivity index (χ4n) is 8.43. The van der Waals surface area contributed by atoms with E-state index in [4.69, 9.17) is 31.0 Å². The molecular formula is C34H37ClFN5O3. The Labute approximate surface area is 261 Å². The van der Waals surface area contributed by atoms with E-state index in [2.05, 4.69) is 15.1 Å². The van der Waals surface area contributed by atoms with Crippen LogP contribution in [0.3, 0.4) is 0 Å². The lowest BCUT2D eigenvalue weighted by Crippen LogP contribution is -2.43. The van der Waals surface area contributed by atoms with Crippen LogP contribution in [-0.4, -0.2) is 83.6 Å². The quantitative estimate of drug-likeness (QED) is 0.276. The molecule has 8 nitrogen and oxygen atoms in total. The molecule has 0 spiro atoms. The van der Waals surface area contributed by atoms with Gasteiger partial charge in [-0.2, -0.15) is 9.97 Å². The Balaban J connectivity index is 1.31. The van der Waals surface area contributed by atoms with Gasteiger partial charge in [0.15, 0.2) is 5.82 Å². The van der Waals surface area contributed by atoms with Crippen molar-refractivity contribution < 1.29 is 19.0 Å². The Morgan fingerprint density at radius 1 is 1.11 bits per heavy atom. The molecule has 0 radical (unpaired) electrons. The molecule has 4 aliphatic heterocycles. The van der Waals surface area contributed by atoms with Crippen molar-refractivity contribution in [2.45, 2.75) is 62.3 Å². The molecule has 5 heterocycles. The van der Waals surface area contributed by atoms with E-state index in [1.165, 1.54) is 0 Å². The van der Waals surface area contributed by atoms with Gasteiger partial charge in [0.05, 0.1) is 22.7 Å². The van der Waals surface area contributed by atoms with Crippen molar-refractivity contribution in [1.29, 1.82) is 0 Å². The molecule has 3 unspecified atom stereocenters. The van der Waals surface area contributed by atoms with Gasteiger partial charge in [-0.05, 0) is 92.7 Å².